The molecule has 100 valence electrons. The van der Waals surface area contributed by atoms with Crippen molar-refractivity contribution in [2.45, 2.75) is 25.8 Å². The van der Waals surface area contributed by atoms with E-state index >= 15 is 0 Å². The molecular formula is C14H18N4O. The molecule has 1 heterocycles. The number of carbonyl (C=O) groups is 1. The second-order valence-electron chi connectivity index (χ2n) is 5.36. The number of aromatic amines is 1. The first-order valence-electron chi connectivity index (χ1n) is 6.62. The van der Waals surface area contributed by atoms with Crippen LogP contribution >= 0.6 is 0 Å². The van der Waals surface area contributed by atoms with Crippen molar-refractivity contribution in [2.24, 2.45) is 11.7 Å². The minimum absolute atomic E-state index is 0.0750. The van der Waals surface area contributed by atoms with Crippen LogP contribution in [0.25, 0.3) is 10.9 Å². The number of nitrogens with one attached hydrogen (secondary N) is 2. The van der Waals surface area contributed by atoms with Crippen LogP contribution in [0.2, 0.25) is 0 Å². The van der Waals surface area contributed by atoms with Crippen molar-refractivity contribution in [3.05, 3.63) is 29.5 Å². The Balaban J connectivity index is 1.78. The van der Waals surface area contributed by atoms with Gasteiger partial charge < -0.3 is 11.1 Å². The molecule has 2 aromatic rings. The van der Waals surface area contributed by atoms with E-state index in [1.54, 1.807) is 6.20 Å². The van der Waals surface area contributed by atoms with Crippen LogP contribution in [-0.4, -0.2) is 28.7 Å². The summed E-state index contributed by atoms with van der Waals surface area (Å²) in [5.41, 5.74) is 8.46. The Kier molecular flexibility index (Phi) is 2.98. The maximum atomic E-state index is 12.2. The summed E-state index contributed by atoms with van der Waals surface area (Å²) in [5.74, 6) is 0.499. The summed E-state index contributed by atoms with van der Waals surface area (Å²) >= 11 is 0. The van der Waals surface area contributed by atoms with Crippen LogP contribution in [0.15, 0.2) is 18.3 Å². The number of hydrogen-bond donors (Lipinski definition) is 3. The van der Waals surface area contributed by atoms with Gasteiger partial charge >= 0.3 is 0 Å². The quantitative estimate of drug-likeness (QED) is 0.773. The molecule has 1 aliphatic carbocycles. The smallest absolute Gasteiger partial charge is 0.253 e. The number of benzene rings is 1. The predicted octanol–water partition coefficient (Wildman–Crippen LogP) is 1.34. The summed E-state index contributed by atoms with van der Waals surface area (Å²) in [6, 6.07) is 3.95. The van der Waals surface area contributed by atoms with Gasteiger partial charge in [0, 0.05) is 18.0 Å². The Morgan fingerprint density at radius 1 is 1.58 bits per heavy atom. The van der Waals surface area contributed by atoms with Gasteiger partial charge in [0.2, 0.25) is 0 Å². The lowest BCUT2D eigenvalue weighted by Gasteiger charge is -2.12. The molecule has 1 atom stereocenters. The summed E-state index contributed by atoms with van der Waals surface area (Å²) in [4.78, 5) is 12.2. The molecule has 4 N–H and O–H groups in total. The lowest BCUT2D eigenvalue weighted by atomic mass is 10.1. The molecule has 1 unspecified atom stereocenters. The third-order valence-electron chi connectivity index (χ3n) is 3.66. The number of nitrogens with zero attached hydrogens (tertiary/aromatic N) is 1. The molecule has 1 saturated carbocycles. The van der Waals surface area contributed by atoms with Crippen LogP contribution in [0.5, 0.6) is 0 Å². The second kappa shape index (κ2) is 4.66. The van der Waals surface area contributed by atoms with Crippen molar-refractivity contribution < 1.29 is 4.79 Å². The molecule has 0 saturated heterocycles. The highest BCUT2D eigenvalue weighted by Crippen LogP contribution is 2.31. The van der Waals surface area contributed by atoms with Crippen LogP contribution in [0.4, 0.5) is 0 Å². The molecule has 0 aliphatic heterocycles. The summed E-state index contributed by atoms with van der Waals surface area (Å²) in [7, 11) is 0. The van der Waals surface area contributed by atoms with E-state index in [9.17, 15) is 4.79 Å². The molecule has 0 spiro atoms. The van der Waals surface area contributed by atoms with E-state index in [1.807, 2.05) is 19.1 Å². The lowest BCUT2D eigenvalue weighted by Crippen LogP contribution is -2.38. The number of hydrogen-bond acceptors (Lipinski definition) is 3. The first kappa shape index (κ1) is 12.2. The monoisotopic (exact) mass is 258 g/mol. The first-order valence-corrected chi connectivity index (χ1v) is 6.62. The summed E-state index contributed by atoms with van der Waals surface area (Å²) in [6.45, 7) is 2.51. The third-order valence-corrected chi connectivity index (χ3v) is 3.66. The fourth-order valence-electron chi connectivity index (χ4n) is 2.38. The Morgan fingerprint density at radius 3 is 3.11 bits per heavy atom. The van der Waals surface area contributed by atoms with E-state index in [0.29, 0.717) is 18.0 Å². The molecule has 5 nitrogen and oxygen atoms in total. The fourth-order valence-corrected chi connectivity index (χ4v) is 2.38. The fraction of sp³-hybridized carbons (Fsp3) is 0.429. The maximum Gasteiger partial charge on any atom is 0.253 e. The highest BCUT2D eigenvalue weighted by Gasteiger charge is 2.28. The first-order chi connectivity index (χ1) is 9.15. The van der Waals surface area contributed by atoms with Gasteiger partial charge in [0.1, 0.15) is 0 Å². The van der Waals surface area contributed by atoms with E-state index in [1.165, 1.54) is 12.8 Å². The van der Waals surface area contributed by atoms with Gasteiger partial charge in [-0.1, -0.05) is 0 Å². The Hall–Kier alpha value is -1.88. The van der Waals surface area contributed by atoms with Gasteiger partial charge in [-0.05, 0) is 43.4 Å². The van der Waals surface area contributed by atoms with Crippen molar-refractivity contribution in [3.8, 4) is 0 Å². The number of aromatic nitrogens is 2. The predicted molar refractivity (Wildman–Crippen MR) is 73.9 cm³/mol. The van der Waals surface area contributed by atoms with Crippen LogP contribution in [0.3, 0.4) is 0 Å². The standard InChI is InChI=1S/C14H18N4O/c1-8-4-10-6-17-18-13(10)11(5-8)14(19)16-7-12(15)9-2-3-9/h4-6,9,12H,2-3,7,15H2,1H3,(H,16,19)(H,17,18). The van der Waals surface area contributed by atoms with Gasteiger partial charge in [0.25, 0.3) is 5.91 Å². The number of carbonyl (C=O) groups excluding carboxylic acids is 1. The van der Waals surface area contributed by atoms with Gasteiger partial charge in [0.15, 0.2) is 0 Å². The van der Waals surface area contributed by atoms with Gasteiger partial charge in [-0.25, -0.2) is 0 Å². The zero-order chi connectivity index (χ0) is 13.4. The van der Waals surface area contributed by atoms with E-state index in [2.05, 4.69) is 15.5 Å². The lowest BCUT2D eigenvalue weighted by molar-refractivity contribution is 0.0951. The zero-order valence-electron chi connectivity index (χ0n) is 10.9. The number of fused-ring (bicyclic) bond motifs is 1. The van der Waals surface area contributed by atoms with E-state index in [4.69, 9.17) is 5.73 Å². The Labute approximate surface area is 111 Å². The average molecular weight is 258 g/mol. The van der Waals surface area contributed by atoms with Gasteiger partial charge in [-0.3, -0.25) is 9.89 Å². The third kappa shape index (κ3) is 2.46. The Morgan fingerprint density at radius 2 is 2.37 bits per heavy atom. The average Bonchev–Trinajstić information content (AvgIpc) is 3.14. The second-order valence-corrected chi connectivity index (χ2v) is 5.36. The van der Waals surface area contributed by atoms with Crippen molar-refractivity contribution in [3.63, 3.8) is 0 Å². The summed E-state index contributed by atoms with van der Waals surface area (Å²) < 4.78 is 0. The Bertz CT molecular complexity index is 615. The highest BCUT2D eigenvalue weighted by atomic mass is 16.1. The van der Waals surface area contributed by atoms with E-state index < -0.39 is 0 Å². The largest absolute Gasteiger partial charge is 0.350 e. The van der Waals surface area contributed by atoms with Gasteiger partial charge in [-0.2, -0.15) is 5.10 Å². The SMILES string of the molecule is Cc1cc(C(=O)NCC(N)C2CC2)c2[nH]ncc2c1. The molecule has 3 rings (SSSR count). The van der Waals surface area contributed by atoms with E-state index in [0.717, 1.165) is 16.5 Å². The molecule has 1 aromatic heterocycles. The number of aryl methyl sites for hydroxylation is 1. The topological polar surface area (TPSA) is 83.8 Å². The van der Waals surface area contributed by atoms with Crippen LogP contribution in [-0.2, 0) is 0 Å². The number of H-pyrrole nitrogens is 1. The van der Waals surface area contributed by atoms with Gasteiger partial charge in [-0.15, -0.1) is 0 Å². The van der Waals surface area contributed by atoms with Gasteiger partial charge in [0.05, 0.1) is 17.3 Å². The normalized spacial score (nSPS) is 16.5. The van der Waals surface area contributed by atoms with Crippen LogP contribution in [0.1, 0.15) is 28.8 Å². The van der Waals surface area contributed by atoms with Crippen molar-refractivity contribution in [1.29, 1.82) is 0 Å². The molecule has 1 aromatic carbocycles. The summed E-state index contributed by atoms with van der Waals surface area (Å²) in [6.07, 6.45) is 4.10. The molecule has 1 fully saturated rings. The number of rotatable bonds is 4. The van der Waals surface area contributed by atoms with Crippen molar-refractivity contribution in [2.75, 3.05) is 6.54 Å². The highest BCUT2D eigenvalue weighted by molar-refractivity contribution is 6.05. The van der Waals surface area contributed by atoms with Crippen LogP contribution in [0, 0.1) is 12.8 Å². The van der Waals surface area contributed by atoms with Crippen LogP contribution < -0.4 is 11.1 Å². The minimum Gasteiger partial charge on any atom is -0.350 e. The zero-order valence-corrected chi connectivity index (χ0v) is 10.9. The number of amides is 1. The maximum absolute atomic E-state index is 12.2. The molecule has 1 aliphatic rings. The van der Waals surface area contributed by atoms with Crippen molar-refractivity contribution >= 4 is 16.8 Å². The molecule has 0 bridgehead atoms. The molecule has 19 heavy (non-hydrogen) atoms. The molecule has 0 radical (unpaired) electrons. The molecule has 1 amide bonds. The summed E-state index contributed by atoms with van der Waals surface area (Å²) in [5, 5.41) is 10.7. The minimum atomic E-state index is -0.0888. The molecule has 5 heteroatoms. The van der Waals surface area contributed by atoms with Crippen molar-refractivity contribution in [1.82, 2.24) is 15.5 Å². The number of nitrogens with two attached hydrogens (primary N) is 1. The molecular weight excluding hydrogens is 240 g/mol. The van der Waals surface area contributed by atoms with E-state index in [-0.39, 0.29) is 11.9 Å².